The minimum Gasteiger partial charge on any atom is -0.376 e. The van der Waals surface area contributed by atoms with E-state index in [4.69, 9.17) is 4.74 Å². The zero-order valence-corrected chi connectivity index (χ0v) is 12.3. The quantitative estimate of drug-likeness (QED) is 0.783. The van der Waals surface area contributed by atoms with E-state index in [0.717, 1.165) is 12.1 Å². The molecule has 0 aliphatic carbocycles. The van der Waals surface area contributed by atoms with Gasteiger partial charge in [0.2, 0.25) is 0 Å². The summed E-state index contributed by atoms with van der Waals surface area (Å²) in [7, 11) is 0. The first-order valence-corrected chi connectivity index (χ1v) is 6.93. The molecule has 104 valence electrons. The van der Waals surface area contributed by atoms with Gasteiger partial charge in [0.05, 0.1) is 19.3 Å². The zero-order valence-electron chi connectivity index (χ0n) is 12.3. The summed E-state index contributed by atoms with van der Waals surface area (Å²) in [5, 5.41) is 0. The number of nitrogens with zero attached hydrogens (tertiary/aromatic N) is 1. The van der Waals surface area contributed by atoms with Crippen molar-refractivity contribution in [3.8, 4) is 0 Å². The van der Waals surface area contributed by atoms with Crippen LogP contribution in [-0.4, -0.2) is 42.5 Å². The normalized spacial score (nSPS) is 24.4. The zero-order chi connectivity index (χ0) is 14.0. The molecule has 1 aliphatic rings. The van der Waals surface area contributed by atoms with Crippen molar-refractivity contribution in [2.24, 2.45) is 0 Å². The van der Waals surface area contributed by atoms with Gasteiger partial charge in [-0.3, -0.25) is 9.69 Å². The van der Waals surface area contributed by atoms with Gasteiger partial charge in [-0.1, -0.05) is 12.1 Å². The first-order valence-electron chi connectivity index (χ1n) is 6.93. The summed E-state index contributed by atoms with van der Waals surface area (Å²) >= 11 is 0. The van der Waals surface area contributed by atoms with E-state index >= 15 is 0 Å². The third-order valence-corrected chi connectivity index (χ3v) is 3.91. The van der Waals surface area contributed by atoms with E-state index in [1.807, 2.05) is 25.1 Å². The molecule has 1 aliphatic heterocycles. The van der Waals surface area contributed by atoms with Crippen molar-refractivity contribution in [2.75, 3.05) is 19.7 Å². The Hall–Kier alpha value is -1.19. The van der Waals surface area contributed by atoms with Gasteiger partial charge in [-0.25, -0.2) is 0 Å². The SMILES string of the molecule is Cc1ccc(C(=O)CN2CC(C)OCC2C)cc1C. The molecule has 0 spiro atoms. The second-order valence-electron chi connectivity index (χ2n) is 5.64. The van der Waals surface area contributed by atoms with Crippen LogP contribution >= 0.6 is 0 Å². The number of ketones is 1. The maximum Gasteiger partial charge on any atom is 0.176 e. The second kappa shape index (κ2) is 5.85. The maximum atomic E-state index is 12.3. The molecular formula is C16H23NO2. The third kappa shape index (κ3) is 3.43. The highest BCUT2D eigenvalue weighted by Gasteiger charge is 2.25. The van der Waals surface area contributed by atoms with Crippen LogP contribution in [0.15, 0.2) is 18.2 Å². The molecule has 2 rings (SSSR count). The highest BCUT2D eigenvalue weighted by Crippen LogP contribution is 2.14. The molecule has 1 saturated heterocycles. The lowest BCUT2D eigenvalue weighted by Gasteiger charge is -2.36. The standard InChI is InChI=1S/C16H23NO2/c1-11-5-6-15(7-12(11)2)16(18)9-17-8-14(4)19-10-13(17)3/h5-7,13-14H,8-10H2,1-4H3. The molecule has 0 saturated carbocycles. The molecule has 3 nitrogen and oxygen atoms in total. The number of ether oxygens (including phenoxy) is 1. The number of hydrogen-bond acceptors (Lipinski definition) is 3. The molecule has 2 atom stereocenters. The van der Waals surface area contributed by atoms with Crippen molar-refractivity contribution in [1.29, 1.82) is 0 Å². The number of rotatable bonds is 3. The number of hydrogen-bond donors (Lipinski definition) is 0. The molecule has 0 aromatic heterocycles. The molecular weight excluding hydrogens is 238 g/mol. The van der Waals surface area contributed by atoms with Crippen molar-refractivity contribution < 1.29 is 9.53 Å². The van der Waals surface area contributed by atoms with Crippen LogP contribution in [0.4, 0.5) is 0 Å². The molecule has 0 bridgehead atoms. The molecule has 1 aromatic carbocycles. The lowest BCUT2D eigenvalue weighted by atomic mass is 10.0. The predicted octanol–water partition coefficient (Wildman–Crippen LogP) is 2.60. The van der Waals surface area contributed by atoms with E-state index in [1.165, 1.54) is 11.1 Å². The first kappa shape index (κ1) is 14.2. The largest absolute Gasteiger partial charge is 0.376 e. The van der Waals surface area contributed by atoms with Gasteiger partial charge in [-0.15, -0.1) is 0 Å². The Morgan fingerprint density at radius 3 is 2.74 bits per heavy atom. The number of carbonyl (C=O) groups excluding carboxylic acids is 1. The fourth-order valence-electron chi connectivity index (χ4n) is 2.38. The van der Waals surface area contributed by atoms with Gasteiger partial charge in [0.15, 0.2) is 5.78 Å². The van der Waals surface area contributed by atoms with Crippen LogP contribution in [0.1, 0.15) is 35.3 Å². The summed E-state index contributed by atoms with van der Waals surface area (Å²) < 4.78 is 5.59. The van der Waals surface area contributed by atoms with Crippen molar-refractivity contribution in [3.05, 3.63) is 34.9 Å². The van der Waals surface area contributed by atoms with Crippen LogP contribution in [0.5, 0.6) is 0 Å². The van der Waals surface area contributed by atoms with Gasteiger partial charge in [0, 0.05) is 18.2 Å². The molecule has 1 heterocycles. The highest BCUT2D eigenvalue weighted by atomic mass is 16.5. The van der Waals surface area contributed by atoms with Gasteiger partial charge in [0.25, 0.3) is 0 Å². The van der Waals surface area contributed by atoms with E-state index in [0.29, 0.717) is 19.2 Å². The molecule has 19 heavy (non-hydrogen) atoms. The molecule has 0 amide bonds. The number of carbonyl (C=O) groups is 1. The molecule has 0 radical (unpaired) electrons. The van der Waals surface area contributed by atoms with Crippen molar-refractivity contribution in [2.45, 2.75) is 39.8 Å². The van der Waals surface area contributed by atoms with Crippen LogP contribution < -0.4 is 0 Å². The van der Waals surface area contributed by atoms with E-state index in [1.54, 1.807) is 0 Å². The van der Waals surface area contributed by atoms with E-state index in [2.05, 4.69) is 25.7 Å². The lowest BCUT2D eigenvalue weighted by molar-refractivity contribution is -0.0460. The Bertz CT molecular complexity index is 470. The minimum atomic E-state index is 0.198. The van der Waals surface area contributed by atoms with Gasteiger partial charge in [0.1, 0.15) is 0 Å². The fraction of sp³-hybridized carbons (Fsp3) is 0.562. The van der Waals surface area contributed by atoms with E-state index in [9.17, 15) is 4.79 Å². The van der Waals surface area contributed by atoms with E-state index in [-0.39, 0.29) is 11.9 Å². The average Bonchev–Trinajstić information content (AvgIpc) is 2.37. The van der Waals surface area contributed by atoms with Gasteiger partial charge in [-0.2, -0.15) is 0 Å². The maximum absolute atomic E-state index is 12.3. The van der Waals surface area contributed by atoms with Crippen molar-refractivity contribution in [3.63, 3.8) is 0 Å². The first-order chi connectivity index (χ1) is 8.97. The monoisotopic (exact) mass is 261 g/mol. The number of morpholine rings is 1. The van der Waals surface area contributed by atoms with Gasteiger partial charge >= 0.3 is 0 Å². The van der Waals surface area contributed by atoms with Crippen molar-refractivity contribution >= 4 is 5.78 Å². The Morgan fingerprint density at radius 1 is 1.32 bits per heavy atom. The van der Waals surface area contributed by atoms with Crippen LogP contribution in [0, 0.1) is 13.8 Å². The molecule has 0 N–H and O–H groups in total. The third-order valence-electron chi connectivity index (χ3n) is 3.91. The Morgan fingerprint density at radius 2 is 2.05 bits per heavy atom. The Kier molecular flexibility index (Phi) is 4.38. The topological polar surface area (TPSA) is 29.5 Å². The summed E-state index contributed by atoms with van der Waals surface area (Å²) in [6.07, 6.45) is 0.212. The molecule has 1 fully saturated rings. The van der Waals surface area contributed by atoms with Crippen molar-refractivity contribution in [1.82, 2.24) is 4.90 Å². The number of aryl methyl sites for hydroxylation is 2. The van der Waals surface area contributed by atoms with Crippen LogP contribution in [-0.2, 0) is 4.74 Å². The predicted molar refractivity (Wildman–Crippen MR) is 76.7 cm³/mol. The number of benzene rings is 1. The number of Topliss-reactive ketones (excluding diaryl/α,β-unsaturated/α-hetero) is 1. The van der Waals surface area contributed by atoms with Gasteiger partial charge < -0.3 is 4.74 Å². The summed E-state index contributed by atoms with van der Waals surface area (Å²) in [6.45, 7) is 10.3. The summed E-state index contributed by atoms with van der Waals surface area (Å²) in [5.41, 5.74) is 3.22. The van der Waals surface area contributed by atoms with Crippen LogP contribution in [0.3, 0.4) is 0 Å². The molecule has 2 unspecified atom stereocenters. The average molecular weight is 261 g/mol. The highest BCUT2D eigenvalue weighted by molar-refractivity contribution is 5.97. The molecule has 3 heteroatoms. The van der Waals surface area contributed by atoms with Crippen LogP contribution in [0.2, 0.25) is 0 Å². The minimum absolute atomic E-state index is 0.198. The summed E-state index contributed by atoms with van der Waals surface area (Å²) in [5.74, 6) is 0.198. The summed E-state index contributed by atoms with van der Waals surface area (Å²) in [4.78, 5) is 14.6. The Labute approximate surface area is 115 Å². The molecule has 1 aromatic rings. The van der Waals surface area contributed by atoms with Crippen LogP contribution in [0.25, 0.3) is 0 Å². The Balaban J connectivity index is 2.05. The van der Waals surface area contributed by atoms with Gasteiger partial charge in [-0.05, 0) is 44.9 Å². The summed E-state index contributed by atoms with van der Waals surface area (Å²) in [6, 6.07) is 6.26. The fourth-order valence-corrected chi connectivity index (χ4v) is 2.38. The van der Waals surface area contributed by atoms with E-state index < -0.39 is 0 Å². The lowest BCUT2D eigenvalue weighted by Crippen LogP contribution is -2.49. The second-order valence-corrected chi connectivity index (χ2v) is 5.64. The smallest absolute Gasteiger partial charge is 0.176 e.